The van der Waals surface area contributed by atoms with Crippen LogP contribution in [0.4, 0.5) is 5.69 Å². The van der Waals surface area contributed by atoms with E-state index in [1.165, 1.54) is 13.1 Å². The number of rotatable bonds is 5. The van der Waals surface area contributed by atoms with E-state index in [0.29, 0.717) is 5.69 Å². The predicted molar refractivity (Wildman–Crippen MR) is 91.4 cm³/mol. The highest BCUT2D eigenvalue weighted by Crippen LogP contribution is 2.16. The van der Waals surface area contributed by atoms with Crippen molar-refractivity contribution in [2.45, 2.75) is 33.4 Å². The first-order chi connectivity index (χ1) is 11.8. The second kappa shape index (κ2) is 7.61. The van der Waals surface area contributed by atoms with Crippen molar-refractivity contribution in [3.05, 3.63) is 62.4 Å². The molecule has 0 bridgehead atoms. The number of aromatic amines is 1. The number of aryl methyl sites for hydroxylation is 2. The third kappa shape index (κ3) is 4.90. The first kappa shape index (κ1) is 18.2. The SMILES string of the molecule is Cc1ccc(C)c(NC(=O)[C@@H](C)OC(=O)Cn2ccc(=O)[nH]c2=O)c1. The number of hydrogen-bond donors (Lipinski definition) is 2. The van der Waals surface area contributed by atoms with Gasteiger partial charge in [-0.1, -0.05) is 12.1 Å². The van der Waals surface area contributed by atoms with Gasteiger partial charge >= 0.3 is 11.7 Å². The van der Waals surface area contributed by atoms with Crippen LogP contribution >= 0.6 is 0 Å². The number of ether oxygens (including phenoxy) is 1. The molecule has 2 N–H and O–H groups in total. The molecule has 0 unspecified atom stereocenters. The van der Waals surface area contributed by atoms with Crippen LogP contribution in [-0.4, -0.2) is 27.5 Å². The van der Waals surface area contributed by atoms with Crippen LogP contribution in [0.25, 0.3) is 0 Å². The van der Waals surface area contributed by atoms with Crippen LogP contribution in [0.15, 0.2) is 40.1 Å². The smallest absolute Gasteiger partial charge is 0.328 e. The zero-order valence-corrected chi connectivity index (χ0v) is 14.2. The summed E-state index contributed by atoms with van der Waals surface area (Å²) in [5, 5.41) is 2.71. The Hall–Kier alpha value is -3.16. The lowest BCUT2D eigenvalue weighted by molar-refractivity contribution is -0.153. The molecule has 0 saturated heterocycles. The van der Waals surface area contributed by atoms with Crippen LogP contribution in [0.3, 0.4) is 0 Å². The van der Waals surface area contributed by atoms with Crippen molar-refractivity contribution in [2.75, 3.05) is 5.32 Å². The summed E-state index contributed by atoms with van der Waals surface area (Å²) >= 11 is 0. The second-order valence-corrected chi connectivity index (χ2v) is 5.68. The minimum Gasteiger partial charge on any atom is -0.451 e. The average Bonchev–Trinajstić information content (AvgIpc) is 2.53. The molecule has 1 aromatic carbocycles. The Morgan fingerprint density at radius 2 is 1.96 bits per heavy atom. The van der Waals surface area contributed by atoms with Gasteiger partial charge in [-0.15, -0.1) is 0 Å². The summed E-state index contributed by atoms with van der Waals surface area (Å²) in [5.74, 6) is -1.24. The van der Waals surface area contributed by atoms with Gasteiger partial charge in [0.05, 0.1) is 0 Å². The Morgan fingerprint density at radius 3 is 2.64 bits per heavy atom. The maximum Gasteiger partial charge on any atom is 0.328 e. The number of nitrogens with one attached hydrogen (secondary N) is 2. The van der Waals surface area contributed by atoms with Crippen molar-refractivity contribution in [2.24, 2.45) is 0 Å². The number of nitrogens with zero attached hydrogens (tertiary/aromatic N) is 1. The van der Waals surface area contributed by atoms with Crippen molar-refractivity contribution in [1.82, 2.24) is 9.55 Å². The monoisotopic (exact) mass is 345 g/mol. The van der Waals surface area contributed by atoms with Gasteiger partial charge in [-0.05, 0) is 38.0 Å². The quantitative estimate of drug-likeness (QED) is 0.776. The first-order valence-corrected chi connectivity index (χ1v) is 7.63. The Balaban J connectivity index is 1.98. The molecule has 1 amide bonds. The summed E-state index contributed by atoms with van der Waals surface area (Å²) in [6.45, 7) is 4.79. The Labute approximate surface area is 143 Å². The molecule has 1 aromatic heterocycles. The molecular weight excluding hydrogens is 326 g/mol. The van der Waals surface area contributed by atoms with E-state index in [9.17, 15) is 19.2 Å². The predicted octanol–water partition coefficient (Wildman–Crippen LogP) is 0.724. The molecule has 8 nitrogen and oxygen atoms in total. The van der Waals surface area contributed by atoms with Crippen molar-refractivity contribution in [3.63, 3.8) is 0 Å². The van der Waals surface area contributed by atoms with Gasteiger partial charge in [0.1, 0.15) is 6.54 Å². The van der Waals surface area contributed by atoms with Crippen LogP contribution in [0.5, 0.6) is 0 Å². The summed E-state index contributed by atoms with van der Waals surface area (Å²) in [4.78, 5) is 48.6. The molecule has 0 spiro atoms. The van der Waals surface area contributed by atoms with Gasteiger partial charge in [0.25, 0.3) is 11.5 Å². The lowest BCUT2D eigenvalue weighted by atomic mass is 10.1. The van der Waals surface area contributed by atoms with Crippen LogP contribution < -0.4 is 16.6 Å². The van der Waals surface area contributed by atoms with Crippen molar-refractivity contribution >= 4 is 17.6 Å². The lowest BCUT2D eigenvalue weighted by Crippen LogP contribution is -2.35. The van der Waals surface area contributed by atoms with Crippen molar-refractivity contribution in [1.29, 1.82) is 0 Å². The minimum absolute atomic E-state index is 0.406. The van der Waals surface area contributed by atoms with Gasteiger partial charge < -0.3 is 10.1 Å². The number of benzene rings is 1. The Morgan fingerprint density at radius 1 is 1.24 bits per heavy atom. The number of hydrogen-bond acceptors (Lipinski definition) is 5. The zero-order chi connectivity index (χ0) is 18.6. The minimum atomic E-state index is -1.04. The number of H-pyrrole nitrogens is 1. The van der Waals surface area contributed by atoms with Crippen LogP contribution in [0.2, 0.25) is 0 Å². The summed E-state index contributed by atoms with van der Waals surface area (Å²) in [7, 11) is 0. The molecule has 0 aliphatic rings. The van der Waals surface area contributed by atoms with E-state index >= 15 is 0 Å². The van der Waals surface area contributed by atoms with E-state index in [2.05, 4.69) is 5.32 Å². The third-order valence-corrected chi connectivity index (χ3v) is 3.52. The molecule has 2 rings (SSSR count). The highest BCUT2D eigenvalue weighted by molar-refractivity contribution is 5.95. The molecule has 0 radical (unpaired) electrons. The van der Waals surface area contributed by atoms with Gasteiger partial charge in [-0.2, -0.15) is 0 Å². The fraction of sp³-hybridized carbons (Fsp3) is 0.294. The number of anilines is 1. The number of carbonyl (C=O) groups is 2. The van der Waals surface area contributed by atoms with E-state index in [0.717, 1.165) is 21.8 Å². The van der Waals surface area contributed by atoms with E-state index in [1.807, 2.05) is 37.0 Å². The molecule has 25 heavy (non-hydrogen) atoms. The highest BCUT2D eigenvalue weighted by Gasteiger charge is 2.19. The average molecular weight is 345 g/mol. The second-order valence-electron chi connectivity index (χ2n) is 5.68. The molecule has 132 valence electrons. The van der Waals surface area contributed by atoms with Gasteiger partial charge in [-0.3, -0.25) is 23.9 Å². The standard InChI is InChI=1S/C17H19N3O5/c1-10-4-5-11(2)13(8-10)18-16(23)12(3)25-15(22)9-20-7-6-14(21)19-17(20)24/h4-8,12H,9H2,1-3H3,(H,18,23)(H,19,21,24)/t12-/m1/s1. The zero-order valence-electron chi connectivity index (χ0n) is 14.2. The van der Waals surface area contributed by atoms with Gasteiger partial charge in [0.2, 0.25) is 0 Å². The highest BCUT2D eigenvalue weighted by atomic mass is 16.5. The Bertz CT molecular complexity index is 913. The summed E-state index contributed by atoms with van der Waals surface area (Å²) < 4.78 is 6.03. The molecule has 1 heterocycles. The molecule has 0 fully saturated rings. The molecular formula is C17H19N3O5. The van der Waals surface area contributed by atoms with E-state index in [1.54, 1.807) is 0 Å². The van der Waals surface area contributed by atoms with Gasteiger partial charge in [-0.25, -0.2) is 4.79 Å². The van der Waals surface area contributed by atoms with Crippen molar-refractivity contribution in [3.8, 4) is 0 Å². The molecule has 0 saturated carbocycles. The maximum absolute atomic E-state index is 12.2. The maximum atomic E-state index is 12.2. The summed E-state index contributed by atoms with van der Waals surface area (Å²) in [5.41, 5.74) is 1.23. The molecule has 2 aromatic rings. The van der Waals surface area contributed by atoms with E-state index in [4.69, 9.17) is 4.74 Å². The van der Waals surface area contributed by atoms with E-state index < -0.39 is 35.8 Å². The normalized spacial score (nSPS) is 11.6. The number of amides is 1. The van der Waals surface area contributed by atoms with Gasteiger partial charge in [0.15, 0.2) is 6.10 Å². The van der Waals surface area contributed by atoms with Crippen LogP contribution in [0.1, 0.15) is 18.1 Å². The van der Waals surface area contributed by atoms with Crippen LogP contribution in [0, 0.1) is 13.8 Å². The fourth-order valence-corrected chi connectivity index (χ4v) is 2.10. The summed E-state index contributed by atoms with van der Waals surface area (Å²) in [6, 6.07) is 6.74. The number of aromatic nitrogens is 2. The summed E-state index contributed by atoms with van der Waals surface area (Å²) in [6.07, 6.45) is 0.148. The molecule has 8 heteroatoms. The fourth-order valence-electron chi connectivity index (χ4n) is 2.10. The third-order valence-electron chi connectivity index (χ3n) is 3.52. The van der Waals surface area contributed by atoms with E-state index in [-0.39, 0.29) is 0 Å². The number of esters is 1. The molecule has 0 aliphatic carbocycles. The topological polar surface area (TPSA) is 110 Å². The van der Waals surface area contributed by atoms with Crippen molar-refractivity contribution < 1.29 is 14.3 Å². The first-order valence-electron chi connectivity index (χ1n) is 7.63. The van der Waals surface area contributed by atoms with Gasteiger partial charge in [0, 0.05) is 18.0 Å². The molecule has 0 aliphatic heterocycles. The largest absolute Gasteiger partial charge is 0.451 e. The Kier molecular flexibility index (Phi) is 5.53. The van der Waals surface area contributed by atoms with Crippen LogP contribution in [-0.2, 0) is 20.9 Å². The number of carbonyl (C=O) groups excluding carboxylic acids is 2. The molecule has 1 atom stereocenters. The lowest BCUT2D eigenvalue weighted by Gasteiger charge is -2.15.